The van der Waals surface area contributed by atoms with Crippen molar-refractivity contribution in [3.05, 3.63) is 22.4 Å². The molecule has 3 heteroatoms. The van der Waals surface area contributed by atoms with E-state index in [1.54, 1.807) is 11.3 Å². The average molecular weight is 265 g/mol. The first-order valence-corrected chi connectivity index (χ1v) is 7.83. The predicted molar refractivity (Wildman–Crippen MR) is 76.8 cm³/mol. The highest BCUT2D eigenvalue weighted by Gasteiger charge is 2.24. The van der Waals surface area contributed by atoms with Crippen molar-refractivity contribution in [2.75, 3.05) is 7.05 Å². The van der Waals surface area contributed by atoms with Gasteiger partial charge in [-0.25, -0.2) is 0 Å². The molecule has 100 valence electrons. The standard InChI is InChI=1S/C15H23NOS/c1-12-5-7-13(8-6-12)16(2)15(17)10-9-14-4-3-11-18-14/h3-4,11-13H,5-10H2,1-2H3. The van der Waals surface area contributed by atoms with E-state index in [0.717, 1.165) is 12.3 Å². The molecule has 0 N–H and O–H groups in total. The summed E-state index contributed by atoms with van der Waals surface area (Å²) in [5.41, 5.74) is 0. The SMILES string of the molecule is CC1CCC(N(C)C(=O)CCc2cccs2)CC1. The molecule has 1 amide bonds. The zero-order chi connectivity index (χ0) is 13.0. The minimum atomic E-state index is 0.308. The zero-order valence-electron chi connectivity index (χ0n) is 11.4. The van der Waals surface area contributed by atoms with Gasteiger partial charge in [0, 0.05) is 24.4 Å². The van der Waals surface area contributed by atoms with E-state index in [-0.39, 0.29) is 0 Å². The minimum Gasteiger partial charge on any atom is -0.343 e. The molecule has 1 fully saturated rings. The van der Waals surface area contributed by atoms with Gasteiger partial charge in [-0.15, -0.1) is 11.3 Å². The highest BCUT2D eigenvalue weighted by Crippen LogP contribution is 2.26. The van der Waals surface area contributed by atoms with Gasteiger partial charge in [-0.05, 0) is 49.5 Å². The Balaban J connectivity index is 1.77. The summed E-state index contributed by atoms with van der Waals surface area (Å²) < 4.78 is 0. The van der Waals surface area contributed by atoms with Crippen LogP contribution in [0, 0.1) is 5.92 Å². The van der Waals surface area contributed by atoms with Gasteiger partial charge in [0.25, 0.3) is 0 Å². The van der Waals surface area contributed by atoms with Gasteiger partial charge in [-0.1, -0.05) is 13.0 Å². The first-order valence-electron chi connectivity index (χ1n) is 6.95. The molecular formula is C15H23NOS. The summed E-state index contributed by atoms with van der Waals surface area (Å²) in [6.45, 7) is 2.31. The maximum absolute atomic E-state index is 12.1. The molecule has 1 heterocycles. The summed E-state index contributed by atoms with van der Waals surface area (Å²) in [7, 11) is 1.98. The molecule has 0 bridgehead atoms. The second-order valence-electron chi connectivity index (χ2n) is 5.50. The summed E-state index contributed by atoms with van der Waals surface area (Å²) >= 11 is 1.74. The molecule has 1 aromatic rings. The van der Waals surface area contributed by atoms with Crippen molar-refractivity contribution in [2.45, 2.75) is 51.5 Å². The lowest BCUT2D eigenvalue weighted by atomic mass is 9.86. The molecule has 0 unspecified atom stereocenters. The average Bonchev–Trinajstić information content (AvgIpc) is 2.89. The van der Waals surface area contributed by atoms with Gasteiger partial charge in [0.15, 0.2) is 0 Å². The third kappa shape index (κ3) is 3.58. The quantitative estimate of drug-likeness (QED) is 0.812. The Morgan fingerprint density at radius 2 is 2.11 bits per heavy atom. The fourth-order valence-electron chi connectivity index (χ4n) is 2.69. The molecule has 2 nitrogen and oxygen atoms in total. The van der Waals surface area contributed by atoms with Crippen LogP contribution in [0.4, 0.5) is 0 Å². The molecule has 1 saturated carbocycles. The zero-order valence-corrected chi connectivity index (χ0v) is 12.2. The number of rotatable bonds is 4. The Labute approximate surface area is 114 Å². The number of carbonyl (C=O) groups is 1. The molecule has 0 spiro atoms. The molecule has 0 aromatic carbocycles. The van der Waals surface area contributed by atoms with Crippen molar-refractivity contribution < 1.29 is 4.79 Å². The largest absolute Gasteiger partial charge is 0.343 e. The van der Waals surface area contributed by atoms with Gasteiger partial charge in [0.2, 0.25) is 5.91 Å². The van der Waals surface area contributed by atoms with Crippen molar-refractivity contribution in [1.29, 1.82) is 0 Å². The molecule has 18 heavy (non-hydrogen) atoms. The van der Waals surface area contributed by atoms with Crippen LogP contribution < -0.4 is 0 Å². The number of hydrogen-bond acceptors (Lipinski definition) is 2. The third-order valence-electron chi connectivity index (χ3n) is 4.09. The van der Waals surface area contributed by atoms with Crippen molar-refractivity contribution in [3.63, 3.8) is 0 Å². The Bertz CT molecular complexity index is 366. The van der Waals surface area contributed by atoms with Gasteiger partial charge in [0.1, 0.15) is 0 Å². The number of hydrogen-bond donors (Lipinski definition) is 0. The van der Waals surface area contributed by atoms with E-state index < -0.39 is 0 Å². The molecule has 1 aliphatic rings. The Kier molecular flexibility index (Phi) is 4.81. The summed E-state index contributed by atoms with van der Waals surface area (Å²) in [4.78, 5) is 15.5. The van der Waals surface area contributed by atoms with Crippen LogP contribution in [-0.2, 0) is 11.2 Å². The van der Waals surface area contributed by atoms with Crippen molar-refractivity contribution in [3.8, 4) is 0 Å². The van der Waals surface area contributed by atoms with Crippen LogP contribution in [0.15, 0.2) is 17.5 Å². The molecule has 0 radical (unpaired) electrons. The lowest BCUT2D eigenvalue weighted by Crippen LogP contribution is -2.39. The third-order valence-corrected chi connectivity index (χ3v) is 5.03. The predicted octanol–water partition coefficient (Wildman–Crippen LogP) is 3.72. The Morgan fingerprint density at radius 1 is 1.39 bits per heavy atom. The molecule has 0 atom stereocenters. The molecule has 2 rings (SSSR count). The van der Waals surface area contributed by atoms with Crippen molar-refractivity contribution in [1.82, 2.24) is 4.90 Å². The van der Waals surface area contributed by atoms with Gasteiger partial charge in [0.05, 0.1) is 0 Å². The Hall–Kier alpha value is -0.830. The van der Waals surface area contributed by atoms with E-state index in [0.29, 0.717) is 18.4 Å². The van der Waals surface area contributed by atoms with Crippen LogP contribution >= 0.6 is 11.3 Å². The lowest BCUT2D eigenvalue weighted by molar-refractivity contribution is -0.132. The maximum Gasteiger partial charge on any atom is 0.222 e. The fourth-order valence-corrected chi connectivity index (χ4v) is 3.40. The number of nitrogens with zero attached hydrogens (tertiary/aromatic N) is 1. The van der Waals surface area contributed by atoms with E-state index in [4.69, 9.17) is 0 Å². The topological polar surface area (TPSA) is 20.3 Å². The first-order chi connectivity index (χ1) is 8.66. The molecule has 0 aliphatic heterocycles. The van der Waals surface area contributed by atoms with Crippen LogP contribution in [0.1, 0.15) is 43.9 Å². The fraction of sp³-hybridized carbons (Fsp3) is 0.667. The van der Waals surface area contributed by atoms with Crippen LogP contribution in [0.25, 0.3) is 0 Å². The molecule has 0 saturated heterocycles. The summed E-state index contributed by atoms with van der Waals surface area (Å²) in [6, 6.07) is 4.65. The summed E-state index contributed by atoms with van der Waals surface area (Å²) in [6.07, 6.45) is 6.46. The second kappa shape index (κ2) is 6.37. The number of aryl methyl sites for hydroxylation is 1. The van der Waals surface area contributed by atoms with Crippen molar-refractivity contribution >= 4 is 17.2 Å². The maximum atomic E-state index is 12.1. The molecule has 1 aliphatic carbocycles. The second-order valence-corrected chi connectivity index (χ2v) is 6.53. The van der Waals surface area contributed by atoms with Crippen LogP contribution in [0.2, 0.25) is 0 Å². The monoisotopic (exact) mass is 265 g/mol. The number of amides is 1. The van der Waals surface area contributed by atoms with E-state index in [1.807, 2.05) is 11.9 Å². The normalized spacial score (nSPS) is 23.9. The van der Waals surface area contributed by atoms with Gasteiger partial charge in [-0.2, -0.15) is 0 Å². The number of thiophene rings is 1. The van der Waals surface area contributed by atoms with Crippen LogP contribution in [0.3, 0.4) is 0 Å². The van der Waals surface area contributed by atoms with Gasteiger partial charge >= 0.3 is 0 Å². The van der Waals surface area contributed by atoms with Crippen molar-refractivity contribution in [2.24, 2.45) is 5.92 Å². The van der Waals surface area contributed by atoms with Gasteiger partial charge < -0.3 is 4.90 Å². The summed E-state index contributed by atoms with van der Waals surface area (Å²) in [5.74, 6) is 1.15. The summed E-state index contributed by atoms with van der Waals surface area (Å²) in [5, 5.41) is 2.08. The Morgan fingerprint density at radius 3 is 2.72 bits per heavy atom. The van der Waals surface area contributed by atoms with Gasteiger partial charge in [-0.3, -0.25) is 4.79 Å². The van der Waals surface area contributed by atoms with E-state index in [2.05, 4.69) is 24.4 Å². The highest BCUT2D eigenvalue weighted by atomic mass is 32.1. The molecule has 1 aromatic heterocycles. The first kappa shape index (κ1) is 13.6. The minimum absolute atomic E-state index is 0.308. The molecular weight excluding hydrogens is 242 g/mol. The van der Waals surface area contributed by atoms with E-state index in [1.165, 1.54) is 30.6 Å². The highest BCUT2D eigenvalue weighted by molar-refractivity contribution is 7.09. The van der Waals surface area contributed by atoms with E-state index >= 15 is 0 Å². The lowest BCUT2D eigenvalue weighted by Gasteiger charge is -2.33. The smallest absolute Gasteiger partial charge is 0.222 e. The van der Waals surface area contributed by atoms with E-state index in [9.17, 15) is 4.79 Å². The van der Waals surface area contributed by atoms with Crippen LogP contribution in [-0.4, -0.2) is 23.9 Å². The van der Waals surface area contributed by atoms with Crippen LogP contribution in [0.5, 0.6) is 0 Å². The number of carbonyl (C=O) groups excluding carboxylic acids is 1.